The predicted octanol–water partition coefficient (Wildman–Crippen LogP) is 0.589. The molecule has 0 aromatic carbocycles. The number of hydrogen-bond donors (Lipinski definition) is 2. The molecule has 0 saturated carbocycles. The fourth-order valence-corrected chi connectivity index (χ4v) is 2.68. The summed E-state index contributed by atoms with van der Waals surface area (Å²) in [4.78, 5) is 9.48. The van der Waals surface area contributed by atoms with Crippen LogP contribution in [0.25, 0.3) is 0 Å². The van der Waals surface area contributed by atoms with Crippen LogP contribution in [0.1, 0.15) is 27.2 Å². The van der Waals surface area contributed by atoms with Gasteiger partial charge < -0.3 is 20.7 Å². The maximum atomic E-state index is 5.96. The summed E-state index contributed by atoms with van der Waals surface area (Å²) in [5.74, 6) is 1.13. The SMILES string of the molecule is CCOCCCNC(N)=NCC(C(C)C)N1CCN(C)CC1. The lowest BCUT2D eigenvalue weighted by molar-refractivity contribution is 0.0925. The maximum Gasteiger partial charge on any atom is 0.188 e. The van der Waals surface area contributed by atoms with Gasteiger partial charge in [-0.15, -0.1) is 0 Å². The molecule has 22 heavy (non-hydrogen) atoms. The van der Waals surface area contributed by atoms with E-state index in [-0.39, 0.29) is 0 Å². The van der Waals surface area contributed by atoms with E-state index >= 15 is 0 Å². The van der Waals surface area contributed by atoms with Crippen LogP contribution in [0.4, 0.5) is 0 Å². The summed E-state index contributed by atoms with van der Waals surface area (Å²) in [5, 5.41) is 3.17. The Morgan fingerprint density at radius 3 is 2.55 bits per heavy atom. The van der Waals surface area contributed by atoms with Gasteiger partial charge in [0, 0.05) is 52.0 Å². The highest BCUT2D eigenvalue weighted by Gasteiger charge is 2.24. The van der Waals surface area contributed by atoms with Gasteiger partial charge in [-0.3, -0.25) is 9.89 Å². The molecule has 0 spiro atoms. The van der Waals surface area contributed by atoms with Crippen LogP contribution in [0.2, 0.25) is 0 Å². The lowest BCUT2D eigenvalue weighted by Crippen LogP contribution is -2.52. The van der Waals surface area contributed by atoms with Gasteiger partial charge in [-0.2, -0.15) is 0 Å². The van der Waals surface area contributed by atoms with E-state index in [1.165, 1.54) is 0 Å². The van der Waals surface area contributed by atoms with Crippen molar-refractivity contribution in [2.45, 2.75) is 33.2 Å². The molecule has 3 N–H and O–H groups in total. The quantitative estimate of drug-likeness (QED) is 0.370. The van der Waals surface area contributed by atoms with Gasteiger partial charge in [0.15, 0.2) is 5.96 Å². The number of hydrogen-bond acceptors (Lipinski definition) is 4. The van der Waals surface area contributed by atoms with Crippen molar-refractivity contribution in [3.63, 3.8) is 0 Å². The number of ether oxygens (including phenoxy) is 1. The van der Waals surface area contributed by atoms with E-state index in [2.05, 4.69) is 41.0 Å². The summed E-state index contributed by atoms with van der Waals surface area (Å²) in [6, 6.07) is 0.470. The summed E-state index contributed by atoms with van der Waals surface area (Å²) in [6.07, 6.45) is 0.954. The first-order chi connectivity index (χ1) is 10.5. The fraction of sp³-hybridized carbons (Fsp3) is 0.938. The van der Waals surface area contributed by atoms with E-state index in [0.29, 0.717) is 17.9 Å². The molecule has 0 bridgehead atoms. The smallest absolute Gasteiger partial charge is 0.188 e. The van der Waals surface area contributed by atoms with Crippen LogP contribution in [0.15, 0.2) is 4.99 Å². The molecule has 6 heteroatoms. The van der Waals surface area contributed by atoms with Crippen LogP contribution in [0.5, 0.6) is 0 Å². The van der Waals surface area contributed by atoms with Crippen molar-refractivity contribution < 1.29 is 4.74 Å². The van der Waals surface area contributed by atoms with Gasteiger partial charge in [-0.25, -0.2) is 0 Å². The van der Waals surface area contributed by atoms with Gasteiger partial charge in [0.25, 0.3) is 0 Å². The zero-order valence-corrected chi connectivity index (χ0v) is 14.8. The summed E-state index contributed by atoms with van der Waals surface area (Å²) in [5.41, 5.74) is 5.96. The van der Waals surface area contributed by atoms with Crippen molar-refractivity contribution in [2.75, 3.05) is 59.5 Å². The Bertz CT molecular complexity index is 314. The van der Waals surface area contributed by atoms with E-state index in [0.717, 1.165) is 58.9 Å². The second kappa shape index (κ2) is 10.8. The van der Waals surface area contributed by atoms with E-state index < -0.39 is 0 Å². The number of piperazine rings is 1. The Hall–Kier alpha value is -0.850. The minimum absolute atomic E-state index is 0.470. The molecule has 0 amide bonds. The highest BCUT2D eigenvalue weighted by atomic mass is 16.5. The molecule has 130 valence electrons. The first-order valence-electron chi connectivity index (χ1n) is 8.58. The topological polar surface area (TPSA) is 66.1 Å². The van der Waals surface area contributed by atoms with Crippen LogP contribution < -0.4 is 11.1 Å². The number of nitrogens with one attached hydrogen (secondary N) is 1. The van der Waals surface area contributed by atoms with Gasteiger partial charge in [0.05, 0.1) is 6.54 Å². The second-order valence-corrected chi connectivity index (χ2v) is 6.35. The van der Waals surface area contributed by atoms with Crippen LogP contribution in [-0.2, 0) is 4.74 Å². The van der Waals surface area contributed by atoms with Crippen LogP contribution in [0, 0.1) is 5.92 Å². The van der Waals surface area contributed by atoms with Gasteiger partial charge in [-0.1, -0.05) is 13.8 Å². The maximum absolute atomic E-state index is 5.96. The molecule has 0 radical (unpaired) electrons. The van der Waals surface area contributed by atoms with Crippen LogP contribution in [-0.4, -0.2) is 81.3 Å². The lowest BCUT2D eigenvalue weighted by Gasteiger charge is -2.39. The highest BCUT2D eigenvalue weighted by Crippen LogP contribution is 2.13. The number of guanidine groups is 1. The highest BCUT2D eigenvalue weighted by molar-refractivity contribution is 5.77. The molecule has 6 nitrogen and oxygen atoms in total. The van der Waals surface area contributed by atoms with Gasteiger partial charge >= 0.3 is 0 Å². The monoisotopic (exact) mass is 313 g/mol. The van der Waals surface area contributed by atoms with E-state index in [1.54, 1.807) is 0 Å². The van der Waals surface area contributed by atoms with Crippen molar-refractivity contribution in [2.24, 2.45) is 16.6 Å². The number of rotatable bonds is 9. The fourth-order valence-electron chi connectivity index (χ4n) is 2.68. The van der Waals surface area contributed by atoms with Crippen molar-refractivity contribution in [3.05, 3.63) is 0 Å². The van der Waals surface area contributed by atoms with Gasteiger partial charge in [0.1, 0.15) is 0 Å². The lowest BCUT2D eigenvalue weighted by atomic mass is 10.0. The third-order valence-corrected chi connectivity index (χ3v) is 4.20. The molecule has 1 fully saturated rings. The van der Waals surface area contributed by atoms with Crippen molar-refractivity contribution >= 4 is 5.96 Å². The molecular formula is C16H35N5O. The first-order valence-corrected chi connectivity index (χ1v) is 8.58. The molecule has 0 aliphatic carbocycles. The summed E-state index contributed by atoms with van der Waals surface area (Å²) in [6.45, 7) is 14.2. The van der Waals surface area contributed by atoms with Crippen molar-refractivity contribution in [1.82, 2.24) is 15.1 Å². The summed E-state index contributed by atoms with van der Waals surface area (Å²) >= 11 is 0. The Morgan fingerprint density at radius 1 is 1.27 bits per heavy atom. The van der Waals surface area contributed by atoms with Gasteiger partial charge in [0.2, 0.25) is 0 Å². The minimum atomic E-state index is 0.470. The molecule has 1 saturated heterocycles. The number of nitrogens with two attached hydrogens (primary N) is 1. The Labute approximate surface area is 136 Å². The number of likely N-dealkylation sites (N-methyl/N-ethyl adjacent to an activating group) is 1. The van der Waals surface area contributed by atoms with E-state index in [9.17, 15) is 0 Å². The predicted molar refractivity (Wildman–Crippen MR) is 93.3 cm³/mol. The molecule has 0 aromatic heterocycles. The molecule has 0 aromatic rings. The molecule has 1 rings (SSSR count). The first kappa shape index (κ1) is 19.2. The summed E-state index contributed by atoms with van der Waals surface area (Å²) in [7, 11) is 2.18. The second-order valence-electron chi connectivity index (χ2n) is 6.35. The zero-order valence-electron chi connectivity index (χ0n) is 14.8. The number of aliphatic imine (C=N–C) groups is 1. The van der Waals surface area contributed by atoms with E-state index in [4.69, 9.17) is 10.5 Å². The molecule has 1 atom stereocenters. The Kier molecular flexibility index (Phi) is 9.43. The average molecular weight is 313 g/mol. The molecule has 1 unspecified atom stereocenters. The Balaban J connectivity index is 2.34. The minimum Gasteiger partial charge on any atom is -0.382 e. The zero-order chi connectivity index (χ0) is 16.4. The van der Waals surface area contributed by atoms with E-state index in [1.807, 2.05) is 6.92 Å². The standard InChI is InChI=1S/C16H35N5O/c1-5-22-12-6-7-18-16(17)19-13-15(14(2)3)21-10-8-20(4)9-11-21/h14-15H,5-13H2,1-4H3,(H3,17,18,19). The van der Waals surface area contributed by atoms with Crippen molar-refractivity contribution in [3.8, 4) is 0 Å². The summed E-state index contributed by atoms with van der Waals surface area (Å²) < 4.78 is 5.30. The number of nitrogens with zero attached hydrogens (tertiary/aromatic N) is 3. The van der Waals surface area contributed by atoms with Crippen LogP contribution >= 0.6 is 0 Å². The largest absolute Gasteiger partial charge is 0.382 e. The molecule has 1 aliphatic rings. The third-order valence-electron chi connectivity index (χ3n) is 4.20. The molecule has 1 aliphatic heterocycles. The normalized spacial score (nSPS) is 19.6. The van der Waals surface area contributed by atoms with Crippen LogP contribution in [0.3, 0.4) is 0 Å². The molecular weight excluding hydrogens is 278 g/mol. The average Bonchev–Trinajstić information content (AvgIpc) is 2.48. The third kappa shape index (κ3) is 7.42. The van der Waals surface area contributed by atoms with Gasteiger partial charge in [-0.05, 0) is 26.3 Å². The van der Waals surface area contributed by atoms with Crippen molar-refractivity contribution in [1.29, 1.82) is 0 Å². The Morgan fingerprint density at radius 2 is 1.95 bits per heavy atom. The molecule has 1 heterocycles.